The van der Waals surface area contributed by atoms with Gasteiger partial charge in [0.1, 0.15) is 4.75 Å². The van der Waals surface area contributed by atoms with Crippen LogP contribution in [0, 0.1) is 6.92 Å². The third-order valence-electron chi connectivity index (χ3n) is 2.95. The van der Waals surface area contributed by atoms with E-state index in [1.54, 1.807) is 6.92 Å². The number of aryl methyl sites for hydroxylation is 1. The zero-order valence-corrected chi connectivity index (χ0v) is 16.1. The van der Waals surface area contributed by atoms with E-state index in [1.165, 1.54) is 0 Å². The molecule has 1 unspecified atom stereocenters. The molecule has 0 bridgehead atoms. The van der Waals surface area contributed by atoms with Crippen molar-refractivity contribution < 1.29 is 14.1 Å². The molecule has 2 atom stereocenters. The summed E-state index contributed by atoms with van der Waals surface area (Å²) in [5.41, 5.74) is 1.99. The van der Waals surface area contributed by atoms with Gasteiger partial charge in [0.25, 0.3) is 0 Å². The Morgan fingerprint density at radius 1 is 1.41 bits per heavy atom. The minimum absolute atomic E-state index is 0.144. The summed E-state index contributed by atoms with van der Waals surface area (Å²) in [5, 5.41) is 0. The van der Waals surface area contributed by atoms with E-state index in [-0.39, 0.29) is 18.4 Å². The summed E-state index contributed by atoms with van der Waals surface area (Å²) in [5.74, 6) is -0.302. The van der Waals surface area contributed by atoms with Crippen LogP contribution in [0.4, 0.5) is 0 Å². The molecule has 0 fully saturated rings. The summed E-state index contributed by atoms with van der Waals surface area (Å²) in [7, 11) is 0. The van der Waals surface area contributed by atoms with Crippen molar-refractivity contribution in [3.8, 4) is 0 Å². The highest BCUT2D eigenvalue weighted by Gasteiger charge is 2.31. The molecule has 0 saturated heterocycles. The van der Waals surface area contributed by atoms with Crippen LogP contribution in [-0.4, -0.2) is 21.9 Å². The Labute approximate surface area is 144 Å². The first kappa shape index (κ1) is 19.5. The monoisotopic (exact) mass is 389 g/mol. The first-order valence-electron chi connectivity index (χ1n) is 7.24. The predicted octanol–water partition coefficient (Wildman–Crippen LogP) is 3.80. The molecule has 0 aliphatic carbocycles. The molecule has 0 spiro atoms. The number of ether oxygens (including phenoxy) is 1. The van der Waals surface area contributed by atoms with Crippen LogP contribution in [-0.2, 0) is 20.9 Å². The lowest BCUT2D eigenvalue weighted by molar-refractivity contribution is -0.143. The van der Waals surface area contributed by atoms with Gasteiger partial charge >= 0.3 is 5.97 Å². The van der Waals surface area contributed by atoms with E-state index >= 15 is 0 Å². The number of carbonyl (C=O) groups excluding carboxylic acids is 1. The Kier molecular flexibility index (Phi) is 7.38. The number of rotatable bonds is 6. The molecule has 1 rings (SSSR count). The van der Waals surface area contributed by atoms with Crippen LogP contribution in [0.3, 0.4) is 0 Å². The third-order valence-corrected chi connectivity index (χ3v) is 5.02. The molecule has 0 radical (unpaired) electrons. The molecule has 0 aliphatic rings. The van der Waals surface area contributed by atoms with Crippen LogP contribution in [0.2, 0.25) is 0 Å². The van der Waals surface area contributed by atoms with E-state index in [0.29, 0.717) is 6.61 Å². The predicted molar refractivity (Wildman–Crippen MR) is 93.9 cm³/mol. The van der Waals surface area contributed by atoms with Gasteiger partial charge in [-0.15, -0.1) is 4.72 Å². The van der Waals surface area contributed by atoms with Crippen molar-refractivity contribution in [3.05, 3.63) is 33.8 Å². The molecular weight excluding hydrogens is 366 g/mol. The molecule has 22 heavy (non-hydrogen) atoms. The molecule has 0 aromatic heterocycles. The van der Waals surface area contributed by atoms with Gasteiger partial charge in [0, 0.05) is 15.8 Å². The summed E-state index contributed by atoms with van der Waals surface area (Å²) < 4.78 is 21.0. The van der Waals surface area contributed by atoms with Crippen LogP contribution >= 0.6 is 15.9 Å². The summed E-state index contributed by atoms with van der Waals surface area (Å²) in [6.07, 6.45) is 0.144. The molecule has 6 heteroatoms. The highest BCUT2D eigenvalue weighted by molar-refractivity contribution is 9.10. The van der Waals surface area contributed by atoms with E-state index in [1.807, 2.05) is 45.9 Å². The standard InChI is InChI=1S/C16H24BrNO3S/c1-6-21-15(19)10-14(18-22(20)16(3,4)5)12-7-11(2)8-13(17)9-12/h7-9,14,18H,6,10H2,1-5H3/t14-,22?/m0/s1. The van der Waals surface area contributed by atoms with Gasteiger partial charge in [-0.3, -0.25) is 4.79 Å². The topological polar surface area (TPSA) is 61.4 Å². The lowest BCUT2D eigenvalue weighted by atomic mass is 10.0. The molecule has 1 aromatic rings. The van der Waals surface area contributed by atoms with E-state index < -0.39 is 16.1 Å². The number of nitrogens with one attached hydrogen (secondary N) is 1. The summed E-state index contributed by atoms with van der Waals surface area (Å²) >= 11 is 2.19. The fourth-order valence-corrected chi connectivity index (χ4v) is 3.34. The minimum atomic E-state index is -1.27. The molecule has 0 heterocycles. The van der Waals surface area contributed by atoms with Crippen LogP contribution < -0.4 is 4.72 Å². The second-order valence-electron chi connectivity index (χ2n) is 6.12. The van der Waals surface area contributed by atoms with Gasteiger partial charge < -0.3 is 9.29 Å². The highest BCUT2D eigenvalue weighted by atomic mass is 79.9. The Balaban J connectivity index is 3.02. The highest BCUT2D eigenvalue weighted by Crippen LogP contribution is 2.26. The molecule has 1 N–H and O–H groups in total. The summed E-state index contributed by atoms with van der Waals surface area (Å²) in [6.45, 7) is 9.77. The van der Waals surface area contributed by atoms with Crippen molar-refractivity contribution in [2.24, 2.45) is 0 Å². The third kappa shape index (κ3) is 6.28. The lowest BCUT2D eigenvalue weighted by Crippen LogP contribution is -2.42. The molecule has 4 nitrogen and oxygen atoms in total. The number of hydrogen-bond donors (Lipinski definition) is 1. The SMILES string of the molecule is CCOC(=O)C[C@H](N[S+]([O-])C(C)(C)C)c1cc(C)cc(Br)c1. The largest absolute Gasteiger partial charge is 0.598 e. The fourth-order valence-electron chi connectivity index (χ4n) is 1.89. The van der Waals surface area contributed by atoms with Crippen LogP contribution in [0.25, 0.3) is 0 Å². The maximum absolute atomic E-state index is 12.4. The summed E-state index contributed by atoms with van der Waals surface area (Å²) in [4.78, 5) is 11.9. The average molecular weight is 390 g/mol. The molecule has 124 valence electrons. The normalized spacial score (nSPS) is 14.5. The van der Waals surface area contributed by atoms with Crippen molar-refractivity contribution in [2.75, 3.05) is 6.61 Å². The Morgan fingerprint density at radius 2 is 2.05 bits per heavy atom. The molecule has 0 saturated carbocycles. The quantitative estimate of drug-likeness (QED) is 0.593. The van der Waals surface area contributed by atoms with Crippen molar-refractivity contribution >= 4 is 33.3 Å². The molecule has 1 aromatic carbocycles. The Hall–Kier alpha value is -0.560. The number of esters is 1. The maximum atomic E-state index is 12.4. The average Bonchev–Trinajstić information content (AvgIpc) is 2.35. The van der Waals surface area contributed by atoms with Gasteiger partial charge in [0.15, 0.2) is 0 Å². The molecular formula is C16H24BrNO3S. The smallest absolute Gasteiger partial charge is 0.307 e. The number of hydrogen-bond acceptors (Lipinski definition) is 4. The summed E-state index contributed by atoms with van der Waals surface area (Å²) in [6, 6.07) is 5.56. The minimum Gasteiger partial charge on any atom is -0.598 e. The van der Waals surface area contributed by atoms with Gasteiger partial charge in [0.05, 0.1) is 19.1 Å². The lowest BCUT2D eigenvalue weighted by Gasteiger charge is -2.28. The second-order valence-corrected chi connectivity index (χ2v) is 9.04. The Bertz CT molecular complexity index is 496. The zero-order chi connectivity index (χ0) is 16.9. The van der Waals surface area contributed by atoms with Crippen molar-refractivity contribution in [3.63, 3.8) is 0 Å². The van der Waals surface area contributed by atoms with E-state index in [4.69, 9.17) is 4.74 Å². The van der Waals surface area contributed by atoms with Gasteiger partial charge in [-0.1, -0.05) is 22.0 Å². The zero-order valence-electron chi connectivity index (χ0n) is 13.7. The number of halogens is 1. The second kappa shape index (κ2) is 8.34. The number of benzene rings is 1. The number of carbonyl (C=O) groups is 1. The van der Waals surface area contributed by atoms with Gasteiger partial charge in [-0.25, -0.2) is 0 Å². The van der Waals surface area contributed by atoms with Crippen molar-refractivity contribution in [2.45, 2.75) is 51.8 Å². The van der Waals surface area contributed by atoms with Crippen molar-refractivity contribution in [1.82, 2.24) is 4.72 Å². The van der Waals surface area contributed by atoms with Crippen molar-refractivity contribution in [1.29, 1.82) is 0 Å². The van der Waals surface area contributed by atoms with E-state index in [2.05, 4.69) is 20.7 Å². The van der Waals surface area contributed by atoms with E-state index in [9.17, 15) is 9.35 Å². The Morgan fingerprint density at radius 3 is 2.55 bits per heavy atom. The van der Waals surface area contributed by atoms with Crippen LogP contribution in [0.15, 0.2) is 22.7 Å². The van der Waals surface area contributed by atoms with E-state index in [0.717, 1.165) is 15.6 Å². The van der Waals surface area contributed by atoms with Crippen LogP contribution in [0.5, 0.6) is 0 Å². The molecule has 0 aliphatic heterocycles. The van der Waals surface area contributed by atoms with Gasteiger partial charge in [-0.05, 0) is 57.9 Å². The first-order valence-corrected chi connectivity index (χ1v) is 9.18. The first-order chi connectivity index (χ1) is 10.1. The van der Waals surface area contributed by atoms with Crippen LogP contribution in [0.1, 0.15) is 51.3 Å². The fraction of sp³-hybridized carbons (Fsp3) is 0.562. The van der Waals surface area contributed by atoms with Gasteiger partial charge in [0.2, 0.25) is 0 Å². The maximum Gasteiger partial charge on any atom is 0.307 e. The van der Waals surface area contributed by atoms with Gasteiger partial charge in [-0.2, -0.15) is 0 Å². The molecule has 0 amide bonds.